The van der Waals surface area contributed by atoms with Crippen molar-refractivity contribution in [1.82, 2.24) is 9.38 Å². The van der Waals surface area contributed by atoms with E-state index >= 15 is 0 Å². The smallest absolute Gasteiger partial charge is 0.337 e. The van der Waals surface area contributed by atoms with Crippen LogP contribution in [0.5, 0.6) is 0 Å². The number of carbonyl (C=O) groups is 1. The Bertz CT molecular complexity index is 480. The van der Waals surface area contributed by atoms with E-state index in [9.17, 15) is 4.79 Å². The first-order valence-corrected chi connectivity index (χ1v) is 4.75. The van der Waals surface area contributed by atoms with Gasteiger partial charge in [-0.1, -0.05) is 0 Å². The fraction of sp³-hybridized carbons (Fsp3) is 0.111. The number of aromatic carboxylic acids is 1. The summed E-state index contributed by atoms with van der Waals surface area (Å²) in [5, 5.41) is 8.77. The number of aryl methyl sites for hydroxylation is 1. The molecular weight excluding hydrogens is 248 g/mol. The van der Waals surface area contributed by atoms with Crippen LogP contribution < -0.4 is 0 Å². The molecule has 0 saturated heterocycles. The Morgan fingerprint density at radius 2 is 2.29 bits per heavy atom. The summed E-state index contributed by atoms with van der Waals surface area (Å²) in [6.07, 6.45) is 3.33. The van der Waals surface area contributed by atoms with Crippen molar-refractivity contribution in [1.29, 1.82) is 0 Å². The van der Waals surface area contributed by atoms with Gasteiger partial charge in [-0.3, -0.25) is 0 Å². The van der Waals surface area contributed by atoms with Gasteiger partial charge in [0.15, 0.2) is 0 Å². The van der Waals surface area contributed by atoms with Gasteiger partial charge in [0, 0.05) is 12.4 Å². The van der Waals surface area contributed by atoms with Crippen LogP contribution in [-0.2, 0) is 0 Å². The molecule has 5 heteroatoms. The van der Waals surface area contributed by atoms with Crippen LogP contribution in [0.2, 0.25) is 0 Å². The molecule has 0 radical (unpaired) electrons. The van der Waals surface area contributed by atoms with Gasteiger partial charge in [0.25, 0.3) is 0 Å². The lowest BCUT2D eigenvalue weighted by Gasteiger charge is -1.98. The van der Waals surface area contributed by atoms with Gasteiger partial charge in [-0.15, -0.1) is 0 Å². The SMILES string of the molecule is Cc1nc2cc(C(=O)O)cn2cc1Br. The van der Waals surface area contributed by atoms with Crippen molar-refractivity contribution in [3.05, 3.63) is 34.2 Å². The minimum atomic E-state index is -0.940. The second-order valence-corrected chi connectivity index (χ2v) is 3.83. The van der Waals surface area contributed by atoms with Gasteiger partial charge in [0.2, 0.25) is 0 Å². The number of aromatic nitrogens is 2. The van der Waals surface area contributed by atoms with Crippen molar-refractivity contribution in [3.8, 4) is 0 Å². The predicted octanol–water partition coefficient (Wildman–Crippen LogP) is 2.10. The maximum absolute atomic E-state index is 10.7. The van der Waals surface area contributed by atoms with Crippen LogP contribution >= 0.6 is 15.9 Å². The van der Waals surface area contributed by atoms with Gasteiger partial charge in [-0.2, -0.15) is 0 Å². The second kappa shape index (κ2) is 3.09. The highest BCUT2D eigenvalue weighted by Gasteiger charge is 2.08. The van der Waals surface area contributed by atoms with Crippen molar-refractivity contribution in [3.63, 3.8) is 0 Å². The van der Waals surface area contributed by atoms with E-state index in [0.717, 1.165) is 10.2 Å². The van der Waals surface area contributed by atoms with Crippen LogP contribution in [0.4, 0.5) is 0 Å². The molecule has 2 rings (SSSR count). The summed E-state index contributed by atoms with van der Waals surface area (Å²) in [4.78, 5) is 14.9. The number of nitrogens with zero attached hydrogens (tertiary/aromatic N) is 2. The molecule has 0 atom stereocenters. The van der Waals surface area contributed by atoms with Crippen LogP contribution in [0.1, 0.15) is 16.1 Å². The van der Waals surface area contributed by atoms with Gasteiger partial charge >= 0.3 is 5.97 Å². The molecule has 0 aliphatic carbocycles. The number of hydrogen-bond acceptors (Lipinski definition) is 2. The fourth-order valence-electron chi connectivity index (χ4n) is 1.22. The fourth-order valence-corrected chi connectivity index (χ4v) is 1.53. The molecule has 0 unspecified atom stereocenters. The first-order valence-electron chi connectivity index (χ1n) is 3.96. The van der Waals surface area contributed by atoms with Crippen molar-refractivity contribution in [2.24, 2.45) is 0 Å². The Balaban J connectivity index is 2.72. The molecule has 0 bridgehead atoms. The van der Waals surface area contributed by atoms with Gasteiger partial charge in [-0.25, -0.2) is 9.78 Å². The highest BCUT2D eigenvalue weighted by Crippen LogP contribution is 2.16. The zero-order chi connectivity index (χ0) is 10.3. The molecular formula is C9H7BrN2O2. The van der Waals surface area contributed by atoms with Gasteiger partial charge < -0.3 is 9.51 Å². The molecule has 14 heavy (non-hydrogen) atoms. The number of rotatable bonds is 1. The topological polar surface area (TPSA) is 54.6 Å². The van der Waals surface area contributed by atoms with Crippen LogP contribution in [0.3, 0.4) is 0 Å². The summed E-state index contributed by atoms with van der Waals surface area (Å²) in [7, 11) is 0. The molecule has 2 aromatic rings. The maximum atomic E-state index is 10.7. The third-order valence-corrected chi connectivity index (χ3v) is 2.73. The Morgan fingerprint density at radius 3 is 2.93 bits per heavy atom. The number of hydrogen-bond donors (Lipinski definition) is 1. The van der Waals surface area contributed by atoms with E-state index in [1.807, 2.05) is 6.92 Å². The van der Waals surface area contributed by atoms with E-state index in [4.69, 9.17) is 5.11 Å². The van der Waals surface area contributed by atoms with E-state index in [-0.39, 0.29) is 5.56 Å². The average Bonchev–Trinajstić information content (AvgIpc) is 2.48. The van der Waals surface area contributed by atoms with Crippen LogP contribution in [0.15, 0.2) is 22.9 Å². The van der Waals surface area contributed by atoms with Crippen LogP contribution in [0, 0.1) is 6.92 Å². The molecule has 0 fully saturated rings. The lowest BCUT2D eigenvalue weighted by Crippen LogP contribution is -1.92. The normalized spacial score (nSPS) is 10.7. The Hall–Kier alpha value is -1.36. The minimum Gasteiger partial charge on any atom is -0.478 e. The third kappa shape index (κ3) is 1.39. The Morgan fingerprint density at radius 1 is 1.57 bits per heavy atom. The molecule has 0 amide bonds. The summed E-state index contributed by atoms with van der Waals surface area (Å²) in [6, 6.07) is 1.54. The zero-order valence-electron chi connectivity index (χ0n) is 7.36. The third-order valence-electron chi connectivity index (χ3n) is 1.95. The lowest BCUT2D eigenvalue weighted by atomic mass is 10.3. The largest absolute Gasteiger partial charge is 0.478 e. The number of carboxylic acids is 1. The first kappa shape index (κ1) is 9.21. The number of fused-ring (bicyclic) bond motifs is 1. The zero-order valence-corrected chi connectivity index (χ0v) is 8.95. The predicted molar refractivity (Wildman–Crippen MR) is 54.6 cm³/mol. The highest BCUT2D eigenvalue weighted by molar-refractivity contribution is 9.10. The molecule has 2 heterocycles. The average molecular weight is 255 g/mol. The van der Waals surface area contributed by atoms with Crippen LogP contribution in [0.25, 0.3) is 5.65 Å². The molecule has 0 saturated carbocycles. The lowest BCUT2D eigenvalue weighted by molar-refractivity contribution is 0.0697. The molecule has 0 spiro atoms. The van der Waals surface area contributed by atoms with E-state index in [1.54, 1.807) is 16.7 Å². The van der Waals surface area contributed by atoms with Crippen LogP contribution in [-0.4, -0.2) is 20.5 Å². The maximum Gasteiger partial charge on any atom is 0.337 e. The second-order valence-electron chi connectivity index (χ2n) is 2.97. The summed E-state index contributed by atoms with van der Waals surface area (Å²) in [5.41, 5.74) is 1.73. The quantitative estimate of drug-likeness (QED) is 0.848. The molecule has 72 valence electrons. The summed E-state index contributed by atoms with van der Waals surface area (Å²) in [6.45, 7) is 1.86. The van der Waals surface area contributed by atoms with Crippen molar-refractivity contribution < 1.29 is 9.90 Å². The van der Waals surface area contributed by atoms with Gasteiger partial charge in [-0.05, 0) is 28.9 Å². The number of halogens is 1. The van der Waals surface area contributed by atoms with E-state index in [1.165, 1.54) is 6.20 Å². The Labute approximate surface area is 88.3 Å². The summed E-state index contributed by atoms with van der Waals surface area (Å²) in [5.74, 6) is -0.940. The van der Waals surface area contributed by atoms with Crippen molar-refractivity contribution in [2.45, 2.75) is 6.92 Å². The standard InChI is InChI=1S/C9H7BrN2O2/c1-5-7(10)4-12-3-6(9(13)14)2-8(12)11-5/h2-4H,1H3,(H,13,14). The first-order chi connectivity index (χ1) is 6.58. The molecule has 0 aromatic carbocycles. The molecule has 0 aliphatic rings. The highest BCUT2D eigenvalue weighted by atomic mass is 79.9. The van der Waals surface area contributed by atoms with Crippen molar-refractivity contribution in [2.75, 3.05) is 0 Å². The molecule has 2 aromatic heterocycles. The molecule has 1 N–H and O–H groups in total. The molecule has 0 aliphatic heterocycles. The van der Waals surface area contributed by atoms with E-state index in [0.29, 0.717) is 5.65 Å². The summed E-state index contributed by atoms with van der Waals surface area (Å²) >= 11 is 3.33. The minimum absolute atomic E-state index is 0.245. The van der Waals surface area contributed by atoms with Gasteiger partial charge in [0.1, 0.15) is 5.65 Å². The van der Waals surface area contributed by atoms with E-state index in [2.05, 4.69) is 20.9 Å². The Kier molecular flexibility index (Phi) is 2.03. The molecule has 4 nitrogen and oxygen atoms in total. The van der Waals surface area contributed by atoms with Crippen molar-refractivity contribution >= 4 is 27.5 Å². The monoisotopic (exact) mass is 254 g/mol. The summed E-state index contributed by atoms with van der Waals surface area (Å²) < 4.78 is 2.54. The van der Waals surface area contributed by atoms with E-state index < -0.39 is 5.97 Å². The number of carboxylic acid groups (broad SMARTS) is 1. The van der Waals surface area contributed by atoms with Gasteiger partial charge in [0.05, 0.1) is 15.7 Å².